The number of fused-ring (bicyclic) bond motifs is 3. The maximum atomic E-state index is 11.7. The summed E-state index contributed by atoms with van der Waals surface area (Å²) >= 11 is 1.54. The van der Waals surface area contributed by atoms with Crippen LogP contribution in [0.3, 0.4) is 0 Å². The quantitative estimate of drug-likeness (QED) is 0.293. The Bertz CT molecular complexity index is 1720. The van der Waals surface area contributed by atoms with Crippen molar-refractivity contribution in [2.24, 2.45) is 0 Å². The average molecular weight is 464 g/mol. The van der Waals surface area contributed by atoms with E-state index in [-0.39, 0.29) is 5.91 Å². The van der Waals surface area contributed by atoms with Gasteiger partial charge in [-0.15, -0.1) is 11.3 Å². The van der Waals surface area contributed by atoms with E-state index >= 15 is 0 Å². The van der Waals surface area contributed by atoms with Gasteiger partial charge in [-0.3, -0.25) is 9.78 Å². The third kappa shape index (κ3) is 3.56. The number of amides is 1. The molecule has 0 saturated heterocycles. The minimum atomic E-state index is -0.258. The summed E-state index contributed by atoms with van der Waals surface area (Å²) in [6.07, 6.45) is 6.52. The number of anilines is 1. The van der Waals surface area contributed by atoms with E-state index in [1.807, 2.05) is 54.0 Å². The summed E-state index contributed by atoms with van der Waals surface area (Å²) < 4.78 is 7.09. The van der Waals surface area contributed by atoms with Gasteiger partial charge < -0.3 is 15.0 Å². The maximum Gasteiger partial charge on any atom is 0.247 e. The van der Waals surface area contributed by atoms with E-state index in [4.69, 9.17) is 9.72 Å². The van der Waals surface area contributed by atoms with Crippen molar-refractivity contribution in [3.8, 4) is 22.8 Å². The molecule has 0 bridgehead atoms. The molecule has 7 nitrogen and oxygen atoms in total. The largest absolute Gasteiger partial charge is 0.437 e. The normalized spacial score (nSPS) is 11.2. The predicted molar refractivity (Wildman–Crippen MR) is 135 cm³/mol. The zero-order valence-corrected chi connectivity index (χ0v) is 18.6. The SMILES string of the molecule is C=CC(=O)Nc1csc2ccc(Oc3cnc4[nH]cc(-c5ccc6ncccc6c5)c4n3)cc12. The van der Waals surface area contributed by atoms with E-state index in [1.54, 1.807) is 23.7 Å². The minimum Gasteiger partial charge on any atom is -0.437 e. The van der Waals surface area contributed by atoms with Gasteiger partial charge in [-0.2, -0.15) is 0 Å². The molecule has 34 heavy (non-hydrogen) atoms. The first-order valence-electron chi connectivity index (χ1n) is 10.5. The number of aromatic nitrogens is 4. The van der Waals surface area contributed by atoms with Gasteiger partial charge in [0.15, 0.2) is 5.65 Å². The molecule has 0 saturated carbocycles. The topological polar surface area (TPSA) is 92.8 Å². The summed E-state index contributed by atoms with van der Waals surface area (Å²) in [5, 5.41) is 6.66. The lowest BCUT2D eigenvalue weighted by Gasteiger charge is -2.07. The molecular formula is C26H17N5O2S. The first-order valence-corrected chi connectivity index (χ1v) is 11.4. The van der Waals surface area contributed by atoms with Crippen LogP contribution in [0.25, 0.3) is 43.3 Å². The van der Waals surface area contributed by atoms with Gasteiger partial charge in [0.05, 0.1) is 17.4 Å². The van der Waals surface area contributed by atoms with Gasteiger partial charge in [0.2, 0.25) is 11.8 Å². The molecule has 0 radical (unpaired) electrons. The summed E-state index contributed by atoms with van der Waals surface area (Å²) in [5.41, 5.74) is 5.00. The van der Waals surface area contributed by atoms with Gasteiger partial charge >= 0.3 is 0 Å². The van der Waals surface area contributed by atoms with E-state index in [9.17, 15) is 4.79 Å². The van der Waals surface area contributed by atoms with Crippen LogP contribution in [0.4, 0.5) is 5.69 Å². The van der Waals surface area contributed by atoms with Crippen LogP contribution in [0.5, 0.6) is 11.6 Å². The highest BCUT2D eigenvalue weighted by molar-refractivity contribution is 7.17. The lowest BCUT2D eigenvalue weighted by molar-refractivity contribution is -0.111. The van der Waals surface area contributed by atoms with Gasteiger partial charge in [-0.05, 0) is 48.0 Å². The van der Waals surface area contributed by atoms with Crippen molar-refractivity contribution in [1.29, 1.82) is 0 Å². The second-order valence-electron chi connectivity index (χ2n) is 7.62. The second-order valence-corrected chi connectivity index (χ2v) is 8.53. The first kappa shape index (κ1) is 20.1. The lowest BCUT2D eigenvalue weighted by atomic mass is 10.1. The van der Waals surface area contributed by atoms with Crippen molar-refractivity contribution >= 4 is 55.1 Å². The number of thiophene rings is 1. The molecule has 0 aliphatic rings. The van der Waals surface area contributed by atoms with Crippen LogP contribution in [0.15, 0.2) is 85.2 Å². The van der Waals surface area contributed by atoms with Gasteiger partial charge in [0.1, 0.15) is 11.3 Å². The number of benzene rings is 2. The zero-order valence-electron chi connectivity index (χ0n) is 17.8. The molecule has 0 unspecified atom stereocenters. The fourth-order valence-electron chi connectivity index (χ4n) is 3.86. The smallest absolute Gasteiger partial charge is 0.247 e. The molecule has 8 heteroatoms. The molecule has 0 spiro atoms. The van der Waals surface area contributed by atoms with Crippen molar-refractivity contribution in [3.63, 3.8) is 0 Å². The molecule has 2 N–H and O–H groups in total. The number of aromatic amines is 1. The molecular weight excluding hydrogens is 446 g/mol. The van der Waals surface area contributed by atoms with E-state index in [2.05, 4.69) is 32.9 Å². The van der Waals surface area contributed by atoms with Crippen molar-refractivity contribution in [2.45, 2.75) is 0 Å². The lowest BCUT2D eigenvalue weighted by Crippen LogP contribution is -2.06. The molecule has 6 aromatic rings. The Morgan fingerprint density at radius 2 is 2.09 bits per heavy atom. The number of hydrogen-bond acceptors (Lipinski definition) is 6. The highest BCUT2D eigenvalue weighted by Crippen LogP contribution is 2.35. The zero-order chi connectivity index (χ0) is 23.1. The molecule has 0 aliphatic heterocycles. The first-order chi connectivity index (χ1) is 16.7. The monoisotopic (exact) mass is 463 g/mol. The van der Waals surface area contributed by atoms with Crippen molar-refractivity contribution < 1.29 is 9.53 Å². The number of ether oxygens (including phenoxy) is 1. The molecule has 1 amide bonds. The minimum absolute atomic E-state index is 0.258. The van der Waals surface area contributed by atoms with E-state index in [0.717, 1.165) is 43.3 Å². The number of rotatable bonds is 5. The van der Waals surface area contributed by atoms with Crippen LogP contribution in [-0.4, -0.2) is 25.8 Å². The Balaban J connectivity index is 1.35. The maximum absolute atomic E-state index is 11.7. The molecule has 4 aromatic heterocycles. The van der Waals surface area contributed by atoms with Gasteiger partial charge in [0, 0.05) is 38.8 Å². The van der Waals surface area contributed by atoms with Gasteiger partial charge in [0.25, 0.3) is 0 Å². The molecule has 4 heterocycles. The number of pyridine rings is 1. The Kier molecular flexibility index (Phi) is 4.78. The molecule has 164 valence electrons. The third-order valence-electron chi connectivity index (χ3n) is 5.48. The molecule has 6 rings (SSSR count). The number of nitrogens with zero attached hydrogens (tertiary/aromatic N) is 3. The van der Waals surface area contributed by atoms with Crippen LogP contribution >= 0.6 is 11.3 Å². The van der Waals surface area contributed by atoms with Crippen molar-refractivity contribution in [1.82, 2.24) is 19.9 Å². The average Bonchev–Trinajstić information content (AvgIpc) is 3.47. The molecule has 0 aliphatic carbocycles. The van der Waals surface area contributed by atoms with Crippen LogP contribution in [-0.2, 0) is 4.79 Å². The van der Waals surface area contributed by atoms with Crippen molar-refractivity contribution in [2.75, 3.05) is 5.32 Å². The number of H-pyrrole nitrogens is 1. The van der Waals surface area contributed by atoms with E-state index in [1.165, 1.54) is 6.08 Å². The third-order valence-corrected chi connectivity index (χ3v) is 6.45. The Morgan fingerprint density at radius 3 is 3.00 bits per heavy atom. The highest BCUT2D eigenvalue weighted by Gasteiger charge is 2.13. The van der Waals surface area contributed by atoms with Crippen LogP contribution < -0.4 is 10.1 Å². The Labute approximate surface area is 197 Å². The summed E-state index contributed by atoms with van der Waals surface area (Å²) in [6, 6.07) is 15.8. The van der Waals surface area contributed by atoms with Crippen LogP contribution in [0.1, 0.15) is 0 Å². The summed E-state index contributed by atoms with van der Waals surface area (Å²) in [4.78, 5) is 28.5. The van der Waals surface area contributed by atoms with Gasteiger partial charge in [-0.25, -0.2) is 9.97 Å². The van der Waals surface area contributed by atoms with E-state index in [0.29, 0.717) is 17.3 Å². The molecule has 0 atom stereocenters. The summed E-state index contributed by atoms with van der Waals surface area (Å²) in [7, 11) is 0. The predicted octanol–water partition coefficient (Wildman–Crippen LogP) is 6.30. The standard InChI is InChI=1S/C26H17N5O2S/c1-2-23(32)30-21-14-34-22-8-6-17(11-18(21)22)33-24-13-29-26-25(31-24)19(12-28-26)15-5-7-20-16(10-15)4-3-9-27-20/h2-14H,1H2,(H,28,29)(H,30,32). The number of nitrogens with one attached hydrogen (secondary N) is 2. The van der Waals surface area contributed by atoms with Crippen molar-refractivity contribution in [3.05, 3.63) is 85.2 Å². The van der Waals surface area contributed by atoms with Gasteiger partial charge in [-0.1, -0.05) is 18.7 Å². The van der Waals surface area contributed by atoms with Crippen LogP contribution in [0.2, 0.25) is 0 Å². The second kappa shape index (κ2) is 8.09. The van der Waals surface area contributed by atoms with Crippen LogP contribution in [0, 0.1) is 0 Å². The van der Waals surface area contributed by atoms with E-state index < -0.39 is 0 Å². The summed E-state index contributed by atoms with van der Waals surface area (Å²) in [6.45, 7) is 3.50. The number of carbonyl (C=O) groups is 1. The number of carbonyl (C=O) groups excluding carboxylic acids is 1. The fraction of sp³-hybridized carbons (Fsp3) is 0. The highest BCUT2D eigenvalue weighted by atomic mass is 32.1. The number of hydrogen-bond donors (Lipinski definition) is 2. The molecule has 0 fully saturated rings. The Morgan fingerprint density at radius 1 is 1.15 bits per heavy atom. The molecule has 2 aromatic carbocycles. The Hall–Kier alpha value is -4.56. The summed E-state index contributed by atoms with van der Waals surface area (Å²) in [5.74, 6) is 0.719. The fourth-order valence-corrected chi connectivity index (χ4v) is 4.73.